The summed E-state index contributed by atoms with van der Waals surface area (Å²) in [6.07, 6.45) is 1.02. The Balaban J connectivity index is 3.70. The lowest BCUT2D eigenvalue weighted by molar-refractivity contribution is -0.141. The molecule has 1 N–H and O–H groups in total. The molecule has 5 heteroatoms. The number of hydrogen-bond donors (Lipinski definition) is 1. The largest absolute Gasteiger partial charge is 0.469 e. The minimum Gasteiger partial charge on any atom is -0.469 e. The van der Waals surface area contributed by atoms with Crippen molar-refractivity contribution in [1.82, 2.24) is 5.32 Å². The van der Waals surface area contributed by atoms with E-state index in [1.807, 2.05) is 0 Å². The summed E-state index contributed by atoms with van der Waals surface area (Å²) in [5.41, 5.74) is 0. The Morgan fingerprint density at radius 3 is 2.71 bits per heavy atom. The molecule has 1 amide bonds. The Labute approximate surface area is 83.1 Å². The average Bonchev–Trinajstić information content (AvgIpc) is 2.14. The fraction of sp³-hybridized carbons (Fsp3) is 0.556. The third-order valence-corrected chi connectivity index (χ3v) is 1.40. The molecule has 0 aliphatic carbocycles. The van der Waals surface area contributed by atoms with Crippen LogP contribution in [0.15, 0.2) is 12.7 Å². The van der Waals surface area contributed by atoms with E-state index in [-0.39, 0.29) is 25.0 Å². The smallest absolute Gasteiger partial charge is 0.407 e. The zero-order valence-electron chi connectivity index (χ0n) is 8.41. The van der Waals surface area contributed by atoms with Gasteiger partial charge in [-0.05, 0) is 6.92 Å². The lowest BCUT2D eigenvalue weighted by atomic mass is 10.2. The first-order valence-corrected chi connectivity index (χ1v) is 4.21. The molecule has 0 aromatic carbocycles. The molecule has 1 atom stereocenters. The van der Waals surface area contributed by atoms with Gasteiger partial charge in [0.15, 0.2) is 0 Å². The van der Waals surface area contributed by atoms with Crippen molar-refractivity contribution in [3.63, 3.8) is 0 Å². The van der Waals surface area contributed by atoms with Crippen molar-refractivity contribution in [2.45, 2.75) is 19.4 Å². The van der Waals surface area contributed by atoms with Gasteiger partial charge in [0, 0.05) is 6.04 Å². The second-order valence-corrected chi connectivity index (χ2v) is 2.71. The molecule has 0 fully saturated rings. The van der Waals surface area contributed by atoms with E-state index in [2.05, 4.69) is 21.4 Å². The number of esters is 1. The van der Waals surface area contributed by atoms with Gasteiger partial charge >= 0.3 is 12.1 Å². The van der Waals surface area contributed by atoms with Crippen LogP contribution >= 0.6 is 0 Å². The van der Waals surface area contributed by atoms with Crippen LogP contribution in [0.3, 0.4) is 0 Å². The fourth-order valence-electron chi connectivity index (χ4n) is 0.762. The SMILES string of the molecule is C=CCOC(=O)N[C@@H](C)CC(=O)OC. The number of hydrogen-bond acceptors (Lipinski definition) is 4. The molecule has 0 rings (SSSR count). The third kappa shape index (κ3) is 6.05. The van der Waals surface area contributed by atoms with Crippen LogP contribution in [0.2, 0.25) is 0 Å². The normalized spacial score (nSPS) is 11.3. The Kier molecular flexibility index (Phi) is 6.19. The second-order valence-electron chi connectivity index (χ2n) is 2.71. The number of ether oxygens (including phenoxy) is 2. The maximum atomic E-state index is 10.9. The molecular weight excluding hydrogens is 186 g/mol. The van der Waals surface area contributed by atoms with E-state index < -0.39 is 6.09 Å². The molecule has 0 spiro atoms. The highest BCUT2D eigenvalue weighted by Crippen LogP contribution is 1.93. The Hall–Kier alpha value is -1.52. The summed E-state index contributed by atoms with van der Waals surface area (Å²) >= 11 is 0. The molecule has 0 saturated heterocycles. The number of nitrogens with one attached hydrogen (secondary N) is 1. The van der Waals surface area contributed by atoms with E-state index in [1.165, 1.54) is 13.2 Å². The minimum absolute atomic E-state index is 0.125. The predicted molar refractivity (Wildman–Crippen MR) is 50.8 cm³/mol. The summed E-state index contributed by atoms with van der Waals surface area (Å²) in [6.45, 7) is 5.23. The van der Waals surface area contributed by atoms with Crippen molar-refractivity contribution in [1.29, 1.82) is 0 Å². The number of carbonyl (C=O) groups excluding carboxylic acids is 2. The van der Waals surface area contributed by atoms with Gasteiger partial charge in [-0.2, -0.15) is 0 Å². The topological polar surface area (TPSA) is 64.6 Å². The van der Waals surface area contributed by atoms with E-state index in [4.69, 9.17) is 0 Å². The van der Waals surface area contributed by atoms with E-state index in [0.717, 1.165) is 0 Å². The Morgan fingerprint density at radius 1 is 1.57 bits per heavy atom. The molecule has 0 aliphatic rings. The lowest BCUT2D eigenvalue weighted by Gasteiger charge is -2.11. The minimum atomic E-state index is -0.568. The summed E-state index contributed by atoms with van der Waals surface area (Å²) in [6, 6.07) is -0.306. The van der Waals surface area contributed by atoms with Crippen LogP contribution in [0, 0.1) is 0 Å². The zero-order chi connectivity index (χ0) is 11.0. The summed E-state index contributed by atoms with van der Waals surface area (Å²) in [4.78, 5) is 21.7. The Bertz CT molecular complexity index is 215. The molecule has 14 heavy (non-hydrogen) atoms. The lowest BCUT2D eigenvalue weighted by Crippen LogP contribution is -2.34. The number of amides is 1. The van der Waals surface area contributed by atoms with Crippen LogP contribution < -0.4 is 5.32 Å². The van der Waals surface area contributed by atoms with Crippen molar-refractivity contribution in [3.05, 3.63) is 12.7 Å². The summed E-state index contributed by atoms with van der Waals surface area (Å²) in [7, 11) is 1.30. The number of alkyl carbamates (subject to hydrolysis) is 1. The van der Waals surface area contributed by atoms with Gasteiger partial charge in [-0.25, -0.2) is 4.79 Å². The van der Waals surface area contributed by atoms with Crippen molar-refractivity contribution in [2.75, 3.05) is 13.7 Å². The molecular formula is C9H15NO4. The molecule has 0 bridgehead atoms. The molecule has 5 nitrogen and oxygen atoms in total. The van der Waals surface area contributed by atoms with Gasteiger partial charge in [-0.15, -0.1) is 0 Å². The number of methoxy groups -OCH3 is 1. The second kappa shape index (κ2) is 6.94. The van der Waals surface area contributed by atoms with Crippen molar-refractivity contribution < 1.29 is 19.1 Å². The van der Waals surface area contributed by atoms with Gasteiger partial charge in [-0.1, -0.05) is 12.7 Å². The Morgan fingerprint density at radius 2 is 2.21 bits per heavy atom. The molecule has 0 unspecified atom stereocenters. The first-order valence-electron chi connectivity index (χ1n) is 4.21. The molecule has 0 radical (unpaired) electrons. The highest BCUT2D eigenvalue weighted by molar-refractivity contribution is 5.72. The predicted octanol–water partition coefficient (Wildman–Crippen LogP) is 0.850. The molecule has 0 aliphatic heterocycles. The van der Waals surface area contributed by atoms with E-state index >= 15 is 0 Å². The highest BCUT2D eigenvalue weighted by atomic mass is 16.5. The van der Waals surface area contributed by atoms with E-state index in [9.17, 15) is 9.59 Å². The molecule has 80 valence electrons. The monoisotopic (exact) mass is 201 g/mol. The summed E-state index contributed by atoms with van der Waals surface area (Å²) < 4.78 is 9.09. The van der Waals surface area contributed by atoms with Gasteiger partial charge in [0.05, 0.1) is 13.5 Å². The third-order valence-electron chi connectivity index (χ3n) is 1.40. The van der Waals surface area contributed by atoms with Crippen molar-refractivity contribution in [2.24, 2.45) is 0 Å². The van der Waals surface area contributed by atoms with Gasteiger partial charge in [-0.3, -0.25) is 4.79 Å². The van der Waals surface area contributed by atoms with Crippen molar-refractivity contribution >= 4 is 12.1 Å². The van der Waals surface area contributed by atoms with Crippen LogP contribution in [0.25, 0.3) is 0 Å². The van der Waals surface area contributed by atoms with Gasteiger partial charge in [0.1, 0.15) is 6.61 Å². The van der Waals surface area contributed by atoms with Gasteiger partial charge < -0.3 is 14.8 Å². The molecule has 0 aromatic rings. The standard InChI is InChI=1S/C9H15NO4/c1-4-5-14-9(12)10-7(2)6-8(11)13-3/h4,7H,1,5-6H2,2-3H3,(H,10,12)/t7-/m0/s1. The van der Waals surface area contributed by atoms with E-state index in [1.54, 1.807) is 6.92 Å². The van der Waals surface area contributed by atoms with Crippen molar-refractivity contribution in [3.8, 4) is 0 Å². The highest BCUT2D eigenvalue weighted by Gasteiger charge is 2.11. The molecule has 0 saturated carbocycles. The van der Waals surface area contributed by atoms with E-state index in [0.29, 0.717) is 0 Å². The zero-order valence-corrected chi connectivity index (χ0v) is 8.41. The molecule has 0 heterocycles. The quantitative estimate of drug-likeness (QED) is 0.529. The first kappa shape index (κ1) is 12.5. The fourth-order valence-corrected chi connectivity index (χ4v) is 0.762. The van der Waals surface area contributed by atoms with Gasteiger partial charge in [0.25, 0.3) is 0 Å². The first-order chi connectivity index (χ1) is 6.60. The average molecular weight is 201 g/mol. The maximum Gasteiger partial charge on any atom is 0.407 e. The van der Waals surface area contributed by atoms with Crippen LogP contribution in [0.1, 0.15) is 13.3 Å². The maximum absolute atomic E-state index is 10.9. The van der Waals surface area contributed by atoms with Crippen LogP contribution in [-0.2, 0) is 14.3 Å². The molecule has 0 aromatic heterocycles. The van der Waals surface area contributed by atoms with Crippen LogP contribution in [0.5, 0.6) is 0 Å². The van der Waals surface area contributed by atoms with Crippen LogP contribution in [0.4, 0.5) is 4.79 Å². The van der Waals surface area contributed by atoms with Gasteiger partial charge in [0.2, 0.25) is 0 Å². The summed E-state index contributed by atoms with van der Waals surface area (Å²) in [5.74, 6) is -0.374. The van der Waals surface area contributed by atoms with Crippen LogP contribution in [-0.4, -0.2) is 31.8 Å². The number of carbonyl (C=O) groups is 2. The number of rotatable bonds is 5. The summed E-state index contributed by atoms with van der Waals surface area (Å²) in [5, 5.41) is 2.47.